The summed E-state index contributed by atoms with van der Waals surface area (Å²) in [5.74, 6) is -0.608. The molecule has 0 spiro atoms. The summed E-state index contributed by atoms with van der Waals surface area (Å²) in [4.78, 5) is 24.8. The van der Waals surface area contributed by atoms with Gasteiger partial charge in [-0.05, 0) is 23.3 Å². The number of rotatable bonds is 5. The Balaban J connectivity index is 1.85. The molecular weight excluding hydrogens is 401 g/mol. The summed E-state index contributed by atoms with van der Waals surface area (Å²) in [7, 11) is 1.32. The van der Waals surface area contributed by atoms with Crippen LogP contribution in [-0.2, 0) is 27.3 Å². The first-order valence-corrected chi connectivity index (χ1v) is 9.58. The Labute approximate surface area is 173 Å². The molecule has 3 rings (SSSR count). The zero-order chi connectivity index (χ0) is 20.3. The van der Waals surface area contributed by atoms with Crippen molar-refractivity contribution in [2.24, 2.45) is 5.73 Å². The number of nitrogens with one attached hydrogen (secondary N) is 2. The van der Waals surface area contributed by atoms with Crippen LogP contribution in [0.5, 0.6) is 0 Å². The Kier molecular flexibility index (Phi) is 6.44. The highest BCUT2D eigenvalue weighted by atomic mass is 35.5. The number of anilines is 1. The van der Waals surface area contributed by atoms with Gasteiger partial charge in [0.1, 0.15) is 6.04 Å². The summed E-state index contributed by atoms with van der Waals surface area (Å²) in [6.45, 7) is 0.356. The molecule has 0 fully saturated rings. The third kappa shape index (κ3) is 4.41. The van der Waals surface area contributed by atoms with Gasteiger partial charge in [0.05, 0.1) is 19.6 Å². The summed E-state index contributed by atoms with van der Waals surface area (Å²) < 4.78 is 4.85. The predicted octanol–water partition coefficient (Wildman–Crippen LogP) is 3.21. The molecule has 1 amide bonds. The van der Waals surface area contributed by atoms with E-state index in [9.17, 15) is 9.59 Å². The minimum absolute atomic E-state index is 0.181. The van der Waals surface area contributed by atoms with Crippen LogP contribution < -0.4 is 16.4 Å². The van der Waals surface area contributed by atoms with E-state index in [-0.39, 0.29) is 12.3 Å². The van der Waals surface area contributed by atoms with Crippen LogP contribution in [0.2, 0.25) is 10.0 Å². The zero-order valence-corrected chi connectivity index (χ0v) is 16.8. The van der Waals surface area contributed by atoms with E-state index in [4.69, 9.17) is 33.7 Å². The number of hydrogen-bond acceptors (Lipinski definition) is 5. The number of methoxy groups -OCH3 is 1. The number of benzene rings is 2. The van der Waals surface area contributed by atoms with E-state index in [1.165, 1.54) is 7.11 Å². The Morgan fingerprint density at radius 2 is 1.96 bits per heavy atom. The van der Waals surface area contributed by atoms with Crippen molar-refractivity contribution in [1.82, 2.24) is 5.32 Å². The average Bonchev–Trinajstić information content (AvgIpc) is 2.66. The average molecular weight is 422 g/mol. The SMILES string of the molecule is COC(=O)C1CC(NC(=O)Cc2ccccc2CN)c2c(Cl)cc(Cl)cc2N1. The molecule has 6 nitrogen and oxygen atoms in total. The maximum atomic E-state index is 12.7. The first-order valence-electron chi connectivity index (χ1n) is 8.82. The number of hydrogen-bond donors (Lipinski definition) is 3. The van der Waals surface area contributed by atoms with E-state index in [0.29, 0.717) is 34.3 Å². The lowest BCUT2D eigenvalue weighted by atomic mass is 9.92. The molecule has 0 aromatic heterocycles. The predicted molar refractivity (Wildman–Crippen MR) is 109 cm³/mol. The third-order valence-electron chi connectivity index (χ3n) is 4.75. The minimum Gasteiger partial charge on any atom is -0.467 e. The smallest absolute Gasteiger partial charge is 0.328 e. The highest BCUT2D eigenvalue weighted by Crippen LogP contribution is 2.40. The number of carbonyl (C=O) groups is 2. The van der Waals surface area contributed by atoms with Gasteiger partial charge in [0.25, 0.3) is 0 Å². The zero-order valence-electron chi connectivity index (χ0n) is 15.3. The lowest BCUT2D eigenvalue weighted by Crippen LogP contribution is -2.42. The van der Waals surface area contributed by atoms with Gasteiger partial charge in [0.15, 0.2) is 0 Å². The Bertz CT molecular complexity index is 904. The van der Waals surface area contributed by atoms with Crippen molar-refractivity contribution in [2.45, 2.75) is 31.5 Å². The fraction of sp³-hybridized carbons (Fsp3) is 0.300. The fourth-order valence-corrected chi connectivity index (χ4v) is 4.06. The standard InChI is InChI=1S/C20H21Cl2N3O3/c1-28-20(27)17-9-16(19-14(22)7-13(21)8-15(19)24-17)25-18(26)6-11-4-2-3-5-12(11)10-23/h2-5,7-8,16-17,24H,6,9-10,23H2,1H3,(H,25,26). The molecule has 0 bridgehead atoms. The van der Waals surface area contributed by atoms with Crippen molar-refractivity contribution in [3.05, 3.63) is 63.1 Å². The van der Waals surface area contributed by atoms with Crippen molar-refractivity contribution in [3.63, 3.8) is 0 Å². The molecular formula is C20H21Cl2N3O3. The van der Waals surface area contributed by atoms with Gasteiger partial charge in [0, 0.05) is 34.3 Å². The summed E-state index contributed by atoms with van der Waals surface area (Å²) >= 11 is 12.5. The molecule has 2 aromatic rings. The normalized spacial score (nSPS) is 18.0. The van der Waals surface area contributed by atoms with Crippen LogP contribution in [0.25, 0.3) is 0 Å². The van der Waals surface area contributed by atoms with E-state index >= 15 is 0 Å². The largest absolute Gasteiger partial charge is 0.467 e. The van der Waals surface area contributed by atoms with Gasteiger partial charge < -0.3 is 21.1 Å². The third-order valence-corrected chi connectivity index (χ3v) is 5.29. The van der Waals surface area contributed by atoms with E-state index in [1.54, 1.807) is 12.1 Å². The van der Waals surface area contributed by atoms with Crippen molar-refractivity contribution in [3.8, 4) is 0 Å². The maximum absolute atomic E-state index is 12.7. The van der Waals surface area contributed by atoms with Gasteiger partial charge in [-0.1, -0.05) is 47.5 Å². The van der Waals surface area contributed by atoms with E-state index in [0.717, 1.165) is 11.1 Å². The fourth-order valence-electron chi connectivity index (χ4n) is 3.43. The molecule has 2 aromatic carbocycles. The van der Waals surface area contributed by atoms with E-state index in [2.05, 4.69) is 10.6 Å². The van der Waals surface area contributed by atoms with Gasteiger partial charge in [-0.3, -0.25) is 4.79 Å². The van der Waals surface area contributed by atoms with Gasteiger partial charge >= 0.3 is 5.97 Å². The second-order valence-corrected chi connectivity index (χ2v) is 7.42. The number of nitrogens with two attached hydrogens (primary N) is 1. The van der Waals surface area contributed by atoms with Crippen LogP contribution in [0.4, 0.5) is 5.69 Å². The van der Waals surface area contributed by atoms with Crippen LogP contribution in [0.15, 0.2) is 36.4 Å². The second-order valence-electron chi connectivity index (χ2n) is 6.57. The molecule has 2 atom stereocenters. The van der Waals surface area contributed by atoms with Crippen molar-refractivity contribution < 1.29 is 14.3 Å². The molecule has 2 unspecified atom stereocenters. The Morgan fingerprint density at radius 1 is 1.25 bits per heavy atom. The lowest BCUT2D eigenvalue weighted by Gasteiger charge is -2.33. The van der Waals surface area contributed by atoms with E-state index in [1.807, 2.05) is 24.3 Å². The highest BCUT2D eigenvalue weighted by molar-refractivity contribution is 6.35. The number of carbonyl (C=O) groups excluding carboxylic acids is 2. The molecule has 1 aliphatic heterocycles. The summed E-state index contributed by atoms with van der Waals surface area (Å²) in [5, 5.41) is 6.93. The first-order chi connectivity index (χ1) is 13.4. The van der Waals surface area contributed by atoms with Gasteiger partial charge in [-0.2, -0.15) is 0 Å². The molecule has 4 N–H and O–H groups in total. The van der Waals surface area contributed by atoms with Crippen LogP contribution >= 0.6 is 23.2 Å². The maximum Gasteiger partial charge on any atom is 0.328 e. The topological polar surface area (TPSA) is 93.5 Å². The number of amides is 1. The molecule has 0 saturated carbocycles. The van der Waals surface area contributed by atoms with Crippen LogP contribution in [-0.4, -0.2) is 25.0 Å². The van der Waals surface area contributed by atoms with Gasteiger partial charge in [0.2, 0.25) is 5.91 Å². The van der Waals surface area contributed by atoms with Gasteiger partial charge in [-0.25, -0.2) is 4.79 Å². The molecule has 8 heteroatoms. The minimum atomic E-state index is -0.617. The van der Waals surface area contributed by atoms with Crippen molar-refractivity contribution >= 4 is 40.8 Å². The number of halogens is 2. The molecule has 0 radical (unpaired) electrons. The Hall–Kier alpha value is -2.28. The molecule has 1 heterocycles. The van der Waals surface area contributed by atoms with Crippen molar-refractivity contribution in [2.75, 3.05) is 12.4 Å². The molecule has 0 aliphatic carbocycles. The second kappa shape index (κ2) is 8.82. The van der Waals surface area contributed by atoms with Crippen LogP contribution in [0, 0.1) is 0 Å². The number of ether oxygens (including phenoxy) is 1. The van der Waals surface area contributed by atoms with E-state index < -0.39 is 18.1 Å². The van der Waals surface area contributed by atoms with Crippen LogP contribution in [0.3, 0.4) is 0 Å². The monoisotopic (exact) mass is 421 g/mol. The highest BCUT2D eigenvalue weighted by Gasteiger charge is 2.34. The van der Waals surface area contributed by atoms with Crippen LogP contribution in [0.1, 0.15) is 29.2 Å². The van der Waals surface area contributed by atoms with Crippen molar-refractivity contribution in [1.29, 1.82) is 0 Å². The summed E-state index contributed by atoms with van der Waals surface area (Å²) in [6, 6.07) is 9.75. The summed E-state index contributed by atoms with van der Waals surface area (Å²) in [6.07, 6.45) is 0.492. The first kappa shape index (κ1) is 20.5. The molecule has 28 heavy (non-hydrogen) atoms. The molecule has 0 saturated heterocycles. The number of fused-ring (bicyclic) bond motifs is 1. The van der Waals surface area contributed by atoms with Gasteiger partial charge in [-0.15, -0.1) is 0 Å². The molecule has 148 valence electrons. The lowest BCUT2D eigenvalue weighted by molar-refractivity contribution is -0.142. The number of esters is 1. The quantitative estimate of drug-likeness (QED) is 0.644. The molecule has 1 aliphatic rings. The summed E-state index contributed by atoms with van der Waals surface area (Å²) in [5.41, 5.74) is 8.84. The Morgan fingerprint density at radius 3 is 2.64 bits per heavy atom.